The van der Waals surface area contributed by atoms with E-state index in [1.54, 1.807) is 0 Å². The molecule has 0 spiro atoms. The minimum absolute atomic E-state index is 0.0683. The van der Waals surface area contributed by atoms with Crippen LogP contribution in [-0.4, -0.2) is 43.5 Å². The highest BCUT2D eigenvalue weighted by atomic mass is 127. The monoisotopic (exact) mass is 611 g/mol. The smallest absolute Gasteiger partial charge is 0.238 e. The van der Waals surface area contributed by atoms with Gasteiger partial charge in [-0.3, -0.25) is 9.69 Å². The van der Waals surface area contributed by atoms with Gasteiger partial charge in [-0.2, -0.15) is 0 Å². The normalized spacial score (nSPS) is 19.3. The first kappa shape index (κ1) is 17.2. The van der Waals surface area contributed by atoms with E-state index in [0.29, 0.717) is 12.6 Å². The molecule has 0 aliphatic carbocycles. The summed E-state index contributed by atoms with van der Waals surface area (Å²) in [4.78, 5) is 14.4. The van der Waals surface area contributed by atoms with Crippen LogP contribution < -0.4 is 10.6 Å². The van der Waals surface area contributed by atoms with Crippen molar-refractivity contribution in [2.45, 2.75) is 12.5 Å². The fourth-order valence-electron chi connectivity index (χ4n) is 2.26. The third kappa shape index (κ3) is 4.65. The molecule has 1 unspecified atom stereocenters. The van der Waals surface area contributed by atoms with Gasteiger partial charge in [0.05, 0.1) is 12.2 Å². The summed E-state index contributed by atoms with van der Waals surface area (Å²) < 4.78 is 3.36. The van der Waals surface area contributed by atoms with Gasteiger partial charge < -0.3 is 10.6 Å². The van der Waals surface area contributed by atoms with Crippen LogP contribution >= 0.6 is 67.8 Å². The summed E-state index contributed by atoms with van der Waals surface area (Å²) in [5.41, 5.74) is 0.931. The Morgan fingerprint density at radius 1 is 1.35 bits per heavy atom. The van der Waals surface area contributed by atoms with Crippen LogP contribution in [-0.2, 0) is 4.79 Å². The molecule has 1 heterocycles. The summed E-state index contributed by atoms with van der Waals surface area (Å²) in [5, 5.41) is 6.31. The van der Waals surface area contributed by atoms with Crippen LogP contribution in [0.5, 0.6) is 0 Å². The fourth-order valence-corrected chi connectivity index (χ4v) is 6.11. The Labute approximate surface area is 160 Å². The molecule has 0 bridgehead atoms. The molecule has 1 amide bonds. The van der Waals surface area contributed by atoms with E-state index in [9.17, 15) is 4.79 Å². The number of carbonyl (C=O) groups is 1. The van der Waals surface area contributed by atoms with Crippen LogP contribution in [0, 0.1) is 10.7 Å². The molecule has 1 aromatic rings. The lowest BCUT2D eigenvalue weighted by atomic mass is 10.3. The van der Waals surface area contributed by atoms with Crippen molar-refractivity contribution in [1.29, 1.82) is 0 Å². The van der Waals surface area contributed by atoms with Crippen LogP contribution in [0.2, 0.25) is 0 Å². The van der Waals surface area contributed by atoms with Gasteiger partial charge in [-0.1, -0.05) is 0 Å². The summed E-state index contributed by atoms with van der Waals surface area (Å²) in [5.74, 6) is 0.0683. The molecule has 110 valence electrons. The highest BCUT2D eigenvalue weighted by Crippen LogP contribution is 2.27. The Hall–Kier alpha value is 0.800. The van der Waals surface area contributed by atoms with Gasteiger partial charge in [0, 0.05) is 29.8 Å². The molecule has 0 aromatic heterocycles. The van der Waals surface area contributed by atoms with Gasteiger partial charge in [0.15, 0.2) is 0 Å². The summed E-state index contributed by atoms with van der Waals surface area (Å²) in [6.07, 6.45) is 1.11. The molecule has 4 nitrogen and oxygen atoms in total. The molecule has 2 rings (SSSR count). The molecular formula is C13H16I3N3O. The van der Waals surface area contributed by atoms with Crippen molar-refractivity contribution < 1.29 is 4.79 Å². The van der Waals surface area contributed by atoms with Crippen molar-refractivity contribution in [2.24, 2.45) is 0 Å². The van der Waals surface area contributed by atoms with Crippen LogP contribution in [0.3, 0.4) is 0 Å². The fraction of sp³-hybridized carbons (Fsp3) is 0.462. The van der Waals surface area contributed by atoms with Gasteiger partial charge in [-0.25, -0.2) is 0 Å². The number of nitrogens with zero attached hydrogens (tertiary/aromatic N) is 1. The van der Waals surface area contributed by atoms with E-state index in [-0.39, 0.29) is 5.91 Å². The van der Waals surface area contributed by atoms with E-state index in [1.807, 2.05) is 7.05 Å². The SMILES string of the molecule is CNC1CCN(CC(=O)Nc2c(I)cc(I)cc2I)C1. The number of likely N-dealkylation sites (tertiary alicyclic amines) is 1. The first-order valence-electron chi connectivity index (χ1n) is 6.33. The number of rotatable bonds is 4. The van der Waals surface area contributed by atoms with E-state index in [4.69, 9.17) is 0 Å². The van der Waals surface area contributed by atoms with E-state index in [0.717, 1.165) is 32.3 Å². The zero-order chi connectivity index (χ0) is 14.7. The molecule has 1 aliphatic rings. The zero-order valence-corrected chi connectivity index (χ0v) is 17.5. The molecule has 20 heavy (non-hydrogen) atoms. The molecule has 1 atom stereocenters. The quantitative estimate of drug-likeness (QED) is 0.516. The third-order valence-electron chi connectivity index (χ3n) is 3.32. The lowest BCUT2D eigenvalue weighted by molar-refractivity contribution is -0.117. The van der Waals surface area contributed by atoms with E-state index in [2.05, 4.69) is 95.4 Å². The summed E-state index contributed by atoms with van der Waals surface area (Å²) in [6, 6.07) is 4.67. The molecule has 1 aliphatic heterocycles. The minimum atomic E-state index is 0.0683. The van der Waals surface area contributed by atoms with Gasteiger partial charge in [-0.05, 0) is 93.4 Å². The molecule has 1 saturated heterocycles. The molecule has 1 aromatic carbocycles. The van der Waals surface area contributed by atoms with Crippen molar-refractivity contribution in [2.75, 3.05) is 32.0 Å². The van der Waals surface area contributed by atoms with E-state index >= 15 is 0 Å². The maximum Gasteiger partial charge on any atom is 0.238 e. The second-order valence-corrected chi connectivity index (χ2v) is 8.37. The van der Waals surface area contributed by atoms with Crippen LogP contribution in [0.25, 0.3) is 0 Å². The number of likely N-dealkylation sites (N-methyl/N-ethyl adjacent to an activating group) is 1. The van der Waals surface area contributed by atoms with Crippen molar-refractivity contribution >= 4 is 79.4 Å². The average molecular weight is 611 g/mol. The highest BCUT2D eigenvalue weighted by molar-refractivity contribution is 14.1. The number of nitrogens with one attached hydrogen (secondary N) is 2. The van der Waals surface area contributed by atoms with Crippen molar-refractivity contribution in [1.82, 2.24) is 10.2 Å². The van der Waals surface area contributed by atoms with Gasteiger partial charge >= 0.3 is 0 Å². The van der Waals surface area contributed by atoms with Crippen molar-refractivity contribution in [3.63, 3.8) is 0 Å². The van der Waals surface area contributed by atoms with Gasteiger partial charge in [0.1, 0.15) is 0 Å². The lowest BCUT2D eigenvalue weighted by Gasteiger charge is -2.16. The Kier molecular flexibility index (Phi) is 6.76. The number of halogens is 3. The number of hydrogen-bond acceptors (Lipinski definition) is 3. The van der Waals surface area contributed by atoms with Crippen molar-refractivity contribution in [3.8, 4) is 0 Å². The summed E-state index contributed by atoms with van der Waals surface area (Å²) in [7, 11) is 1.98. The Bertz CT molecular complexity index is 487. The van der Waals surface area contributed by atoms with Crippen LogP contribution in [0.4, 0.5) is 5.69 Å². The second kappa shape index (κ2) is 7.88. The summed E-state index contributed by atoms with van der Waals surface area (Å²) in [6.45, 7) is 2.40. The first-order valence-corrected chi connectivity index (χ1v) is 9.57. The predicted octanol–water partition coefficient (Wildman–Crippen LogP) is 2.73. The molecule has 0 saturated carbocycles. The topological polar surface area (TPSA) is 44.4 Å². The number of hydrogen-bond donors (Lipinski definition) is 2. The van der Waals surface area contributed by atoms with Gasteiger partial charge in [0.25, 0.3) is 0 Å². The standard InChI is InChI=1S/C13H16I3N3O/c1-17-9-2-3-19(6-9)7-12(20)18-13-10(15)4-8(14)5-11(13)16/h4-5,9,17H,2-3,6-7H2,1H3,(H,18,20). The largest absolute Gasteiger partial charge is 0.323 e. The maximum atomic E-state index is 12.2. The Balaban J connectivity index is 1.95. The summed E-state index contributed by atoms with van der Waals surface area (Å²) >= 11 is 6.83. The molecule has 2 N–H and O–H groups in total. The van der Waals surface area contributed by atoms with Crippen LogP contribution in [0.15, 0.2) is 12.1 Å². The minimum Gasteiger partial charge on any atom is -0.323 e. The third-order valence-corrected chi connectivity index (χ3v) is 5.64. The van der Waals surface area contributed by atoms with E-state index < -0.39 is 0 Å². The predicted molar refractivity (Wildman–Crippen MR) is 107 cm³/mol. The average Bonchev–Trinajstić information content (AvgIpc) is 2.81. The second-order valence-electron chi connectivity index (χ2n) is 4.80. The Morgan fingerprint density at radius 3 is 2.55 bits per heavy atom. The molecule has 0 radical (unpaired) electrons. The molecular weight excluding hydrogens is 595 g/mol. The van der Waals surface area contributed by atoms with Gasteiger partial charge in [0.2, 0.25) is 5.91 Å². The van der Waals surface area contributed by atoms with Gasteiger partial charge in [-0.15, -0.1) is 0 Å². The van der Waals surface area contributed by atoms with Crippen LogP contribution in [0.1, 0.15) is 6.42 Å². The number of benzene rings is 1. The lowest BCUT2D eigenvalue weighted by Crippen LogP contribution is -2.35. The number of carbonyl (C=O) groups excluding carboxylic acids is 1. The zero-order valence-electron chi connectivity index (χ0n) is 11.0. The van der Waals surface area contributed by atoms with Crippen molar-refractivity contribution in [3.05, 3.63) is 22.8 Å². The molecule has 1 fully saturated rings. The maximum absolute atomic E-state index is 12.2. The number of anilines is 1. The van der Waals surface area contributed by atoms with E-state index in [1.165, 1.54) is 3.57 Å². The first-order chi connectivity index (χ1) is 9.49. The Morgan fingerprint density at radius 2 is 2.00 bits per heavy atom. The number of amides is 1. The molecule has 7 heteroatoms. The highest BCUT2D eigenvalue weighted by Gasteiger charge is 2.23.